The van der Waals surface area contributed by atoms with Crippen molar-refractivity contribution in [3.8, 4) is 6.07 Å². The summed E-state index contributed by atoms with van der Waals surface area (Å²) in [6.07, 6.45) is 1.97. The molecule has 0 aliphatic carbocycles. The predicted octanol–water partition coefficient (Wildman–Crippen LogP) is 3.33. The summed E-state index contributed by atoms with van der Waals surface area (Å²) in [5.74, 6) is -0.409. The van der Waals surface area contributed by atoms with E-state index in [1.165, 1.54) is 12.1 Å². The van der Waals surface area contributed by atoms with E-state index in [1.807, 2.05) is 29.0 Å². The van der Waals surface area contributed by atoms with Crippen LogP contribution in [0, 0.1) is 24.1 Å². The number of fused-ring (bicyclic) bond motifs is 1. The third-order valence-electron chi connectivity index (χ3n) is 3.11. The topological polar surface area (TPSA) is 53.1 Å². The molecule has 0 fully saturated rings. The minimum absolute atomic E-state index is 0.300. The molecule has 2 aromatic heterocycles. The molecule has 0 radical (unpaired) electrons. The largest absolute Gasteiger partial charge is 0.378 e. The minimum Gasteiger partial charge on any atom is -0.378 e. The van der Waals surface area contributed by atoms with Gasteiger partial charge in [-0.2, -0.15) is 5.26 Å². The quantitative estimate of drug-likeness (QED) is 0.803. The molecule has 0 spiro atoms. The number of nitrogens with one attached hydrogen (secondary N) is 1. The van der Waals surface area contributed by atoms with Crippen LogP contribution < -0.4 is 5.32 Å². The summed E-state index contributed by atoms with van der Waals surface area (Å²) in [6.45, 7) is 2.48. The summed E-state index contributed by atoms with van der Waals surface area (Å²) in [5, 5.41) is 14.2. The Kier molecular flexibility index (Phi) is 3.12. The van der Waals surface area contributed by atoms with Crippen molar-refractivity contribution < 1.29 is 4.39 Å². The molecule has 0 saturated carbocycles. The molecule has 0 unspecified atom stereocenters. The molecule has 6 heteroatoms. The fourth-order valence-corrected chi connectivity index (χ4v) is 2.87. The second-order valence-corrected chi connectivity index (χ2v) is 5.23. The van der Waals surface area contributed by atoms with Crippen molar-refractivity contribution in [2.24, 2.45) is 0 Å². The van der Waals surface area contributed by atoms with Crippen LogP contribution in [0.5, 0.6) is 0 Å². The zero-order valence-electron chi connectivity index (χ0n) is 10.7. The Hall–Kier alpha value is -2.39. The second kappa shape index (κ2) is 4.94. The first kappa shape index (κ1) is 12.6. The van der Waals surface area contributed by atoms with Crippen LogP contribution in [0.2, 0.25) is 0 Å². The van der Waals surface area contributed by atoms with E-state index in [1.54, 1.807) is 17.4 Å². The van der Waals surface area contributed by atoms with Crippen molar-refractivity contribution in [1.82, 2.24) is 9.38 Å². The first-order valence-corrected chi connectivity index (χ1v) is 6.91. The number of hydrogen-bond acceptors (Lipinski definition) is 4. The van der Waals surface area contributed by atoms with Crippen LogP contribution >= 0.6 is 11.3 Å². The van der Waals surface area contributed by atoms with Gasteiger partial charge in [-0.15, -0.1) is 11.3 Å². The van der Waals surface area contributed by atoms with E-state index < -0.39 is 5.82 Å². The maximum atomic E-state index is 13.1. The average molecular weight is 286 g/mol. The number of nitrogens with zero attached hydrogens (tertiary/aromatic N) is 3. The summed E-state index contributed by atoms with van der Waals surface area (Å²) >= 11 is 1.58. The minimum atomic E-state index is -0.409. The highest BCUT2D eigenvalue weighted by Gasteiger charge is 2.10. The summed E-state index contributed by atoms with van der Waals surface area (Å²) in [4.78, 5) is 5.40. The molecule has 4 nitrogen and oxygen atoms in total. The van der Waals surface area contributed by atoms with Crippen LogP contribution in [0.15, 0.2) is 29.8 Å². The molecule has 0 amide bonds. The van der Waals surface area contributed by atoms with Crippen LogP contribution in [0.4, 0.5) is 10.1 Å². The Morgan fingerprint density at radius 2 is 2.35 bits per heavy atom. The fourth-order valence-electron chi connectivity index (χ4n) is 2.10. The smallest absolute Gasteiger partial charge is 0.194 e. The summed E-state index contributed by atoms with van der Waals surface area (Å²) in [7, 11) is 0. The van der Waals surface area contributed by atoms with Crippen LogP contribution in [0.3, 0.4) is 0 Å². The van der Waals surface area contributed by atoms with E-state index in [0.29, 0.717) is 17.8 Å². The molecule has 0 bridgehead atoms. The first-order valence-electron chi connectivity index (χ1n) is 6.03. The number of imidazole rings is 1. The van der Waals surface area contributed by atoms with Gasteiger partial charge in [0, 0.05) is 11.6 Å². The first-order chi connectivity index (χ1) is 9.69. The van der Waals surface area contributed by atoms with Gasteiger partial charge in [0.15, 0.2) is 4.96 Å². The standard InChI is InChI=1S/C14H11FN4S/c1-9-13(19-4-5-20-14(19)18-9)8-17-12-3-2-11(15)6-10(12)7-16/h2-6,17H,8H2,1H3. The number of aromatic nitrogens is 2. The highest BCUT2D eigenvalue weighted by atomic mass is 32.1. The lowest BCUT2D eigenvalue weighted by Gasteiger charge is -2.08. The zero-order chi connectivity index (χ0) is 14.1. The van der Waals surface area contributed by atoms with Gasteiger partial charge in [0.1, 0.15) is 11.9 Å². The number of halogens is 1. The second-order valence-electron chi connectivity index (χ2n) is 4.35. The van der Waals surface area contributed by atoms with Crippen LogP contribution in [-0.4, -0.2) is 9.38 Å². The van der Waals surface area contributed by atoms with Crippen molar-refractivity contribution in [1.29, 1.82) is 5.26 Å². The van der Waals surface area contributed by atoms with Crippen molar-refractivity contribution in [3.63, 3.8) is 0 Å². The lowest BCUT2D eigenvalue weighted by atomic mass is 10.2. The molecule has 0 saturated heterocycles. The molecule has 3 aromatic rings. The van der Waals surface area contributed by atoms with E-state index in [0.717, 1.165) is 16.3 Å². The number of hydrogen-bond donors (Lipinski definition) is 1. The van der Waals surface area contributed by atoms with E-state index >= 15 is 0 Å². The van der Waals surface area contributed by atoms with E-state index in [-0.39, 0.29) is 0 Å². The number of benzene rings is 1. The maximum Gasteiger partial charge on any atom is 0.194 e. The Morgan fingerprint density at radius 3 is 3.15 bits per heavy atom. The van der Waals surface area contributed by atoms with Gasteiger partial charge in [0.05, 0.1) is 29.2 Å². The van der Waals surface area contributed by atoms with Gasteiger partial charge >= 0.3 is 0 Å². The number of anilines is 1. The molecule has 3 rings (SSSR count). The van der Waals surface area contributed by atoms with Crippen LogP contribution in [-0.2, 0) is 6.54 Å². The molecule has 100 valence electrons. The van der Waals surface area contributed by atoms with Crippen molar-refractivity contribution in [2.45, 2.75) is 13.5 Å². The molecular formula is C14H11FN4S. The van der Waals surface area contributed by atoms with Gasteiger partial charge in [-0.3, -0.25) is 4.40 Å². The molecule has 0 aliphatic rings. The lowest BCUT2D eigenvalue weighted by molar-refractivity contribution is 0.627. The Morgan fingerprint density at radius 1 is 1.50 bits per heavy atom. The number of rotatable bonds is 3. The van der Waals surface area contributed by atoms with Crippen LogP contribution in [0.1, 0.15) is 17.0 Å². The summed E-state index contributed by atoms with van der Waals surface area (Å²) in [5.41, 5.74) is 2.91. The van der Waals surface area contributed by atoms with Gasteiger partial charge in [-0.05, 0) is 25.1 Å². The molecule has 1 N–H and O–H groups in total. The van der Waals surface area contributed by atoms with Crippen molar-refractivity contribution in [3.05, 3.63) is 52.5 Å². The number of aryl methyl sites for hydroxylation is 1. The highest BCUT2D eigenvalue weighted by Crippen LogP contribution is 2.20. The molecule has 0 aliphatic heterocycles. The number of nitriles is 1. The molecule has 1 aromatic carbocycles. The van der Waals surface area contributed by atoms with Crippen molar-refractivity contribution >= 4 is 22.0 Å². The predicted molar refractivity (Wildman–Crippen MR) is 76.2 cm³/mol. The fraction of sp³-hybridized carbons (Fsp3) is 0.143. The SMILES string of the molecule is Cc1nc2sccn2c1CNc1ccc(F)cc1C#N. The third-order valence-corrected chi connectivity index (χ3v) is 3.87. The molecule has 0 atom stereocenters. The number of thiazole rings is 1. The van der Waals surface area contributed by atoms with E-state index in [2.05, 4.69) is 10.3 Å². The average Bonchev–Trinajstić information content (AvgIpc) is 2.98. The summed E-state index contributed by atoms with van der Waals surface area (Å²) < 4.78 is 15.1. The van der Waals surface area contributed by atoms with Gasteiger partial charge in [0.2, 0.25) is 0 Å². The van der Waals surface area contributed by atoms with Gasteiger partial charge in [0.25, 0.3) is 0 Å². The lowest BCUT2D eigenvalue weighted by Crippen LogP contribution is -2.05. The van der Waals surface area contributed by atoms with Gasteiger partial charge in [-0.25, -0.2) is 9.37 Å². The Labute approximate surface area is 119 Å². The molecular weight excluding hydrogens is 275 g/mol. The van der Waals surface area contributed by atoms with Gasteiger partial charge < -0.3 is 5.32 Å². The van der Waals surface area contributed by atoms with Crippen LogP contribution in [0.25, 0.3) is 4.96 Å². The molecule has 2 heterocycles. The monoisotopic (exact) mass is 286 g/mol. The normalized spacial score (nSPS) is 10.7. The maximum absolute atomic E-state index is 13.1. The van der Waals surface area contributed by atoms with Gasteiger partial charge in [-0.1, -0.05) is 0 Å². The zero-order valence-corrected chi connectivity index (χ0v) is 11.5. The Bertz CT molecular complexity index is 812. The third kappa shape index (κ3) is 2.12. The van der Waals surface area contributed by atoms with E-state index in [9.17, 15) is 4.39 Å². The summed E-state index contributed by atoms with van der Waals surface area (Å²) in [6, 6.07) is 6.14. The van der Waals surface area contributed by atoms with Crippen molar-refractivity contribution in [2.75, 3.05) is 5.32 Å². The van der Waals surface area contributed by atoms with E-state index in [4.69, 9.17) is 5.26 Å². The molecule has 20 heavy (non-hydrogen) atoms. The highest BCUT2D eigenvalue weighted by molar-refractivity contribution is 7.15. The Balaban J connectivity index is 1.88.